The minimum Gasteiger partial charge on any atom is -0.494 e. The normalized spacial score (nSPS) is 10.2. The highest BCUT2D eigenvalue weighted by Crippen LogP contribution is 2.26. The van der Waals surface area contributed by atoms with Crippen molar-refractivity contribution in [2.24, 2.45) is 0 Å². The van der Waals surface area contributed by atoms with Gasteiger partial charge in [-0.1, -0.05) is 30.3 Å². The molecule has 3 rings (SSSR count). The Balaban J connectivity index is 1.58. The Hall–Kier alpha value is -3.30. The lowest BCUT2D eigenvalue weighted by Gasteiger charge is -2.08. The van der Waals surface area contributed by atoms with Crippen molar-refractivity contribution in [2.45, 2.75) is 18.4 Å². The lowest BCUT2D eigenvalue weighted by molar-refractivity contribution is -0.115. The molecule has 0 spiro atoms. The topological polar surface area (TPSA) is 75.0 Å². The minimum atomic E-state index is -0.0839. The smallest absolute Gasteiger partial charge is 0.225 e. The van der Waals surface area contributed by atoms with Crippen LogP contribution in [0.5, 0.6) is 5.75 Å². The molecule has 0 unspecified atom stereocenters. The van der Waals surface area contributed by atoms with Crippen LogP contribution >= 0.6 is 11.8 Å². The van der Waals surface area contributed by atoms with E-state index in [1.165, 1.54) is 11.8 Å². The van der Waals surface area contributed by atoms with Crippen LogP contribution < -0.4 is 10.1 Å². The van der Waals surface area contributed by atoms with E-state index in [0.29, 0.717) is 29.4 Å². The van der Waals surface area contributed by atoms with Crippen LogP contribution in [-0.4, -0.2) is 23.3 Å². The number of hydrogen-bond acceptors (Lipinski definition) is 5. The van der Waals surface area contributed by atoms with Gasteiger partial charge in [0.2, 0.25) is 5.91 Å². The highest BCUT2D eigenvalue weighted by molar-refractivity contribution is 7.99. The van der Waals surface area contributed by atoms with Gasteiger partial charge in [-0.3, -0.25) is 4.79 Å². The van der Waals surface area contributed by atoms with Gasteiger partial charge in [-0.25, -0.2) is 4.98 Å². The summed E-state index contributed by atoms with van der Waals surface area (Å²) in [5.41, 5.74) is 3.05. The van der Waals surface area contributed by atoms with E-state index in [9.17, 15) is 10.1 Å². The molecule has 3 aromatic rings. The molecular formula is C23H21N3O2S. The Morgan fingerprint density at radius 2 is 1.86 bits per heavy atom. The fourth-order valence-electron chi connectivity index (χ4n) is 2.67. The van der Waals surface area contributed by atoms with Crippen molar-refractivity contribution in [1.29, 1.82) is 5.26 Å². The quantitative estimate of drug-likeness (QED) is 0.527. The van der Waals surface area contributed by atoms with Crippen LogP contribution in [-0.2, 0) is 4.79 Å². The molecule has 1 aromatic heterocycles. The molecule has 1 amide bonds. The molecule has 0 atom stereocenters. The number of hydrogen-bond donors (Lipinski definition) is 1. The predicted molar refractivity (Wildman–Crippen MR) is 116 cm³/mol. The van der Waals surface area contributed by atoms with Gasteiger partial charge in [0.1, 0.15) is 16.8 Å². The van der Waals surface area contributed by atoms with Crippen LogP contribution in [0.15, 0.2) is 71.8 Å². The number of carbonyl (C=O) groups excluding carboxylic acids is 1. The average molecular weight is 404 g/mol. The first-order valence-electron chi connectivity index (χ1n) is 9.31. The third kappa shape index (κ3) is 5.84. The molecule has 146 valence electrons. The number of pyridine rings is 1. The fraction of sp³-hybridized carbons (Fsp3) is 0.174. The van der Waals surface area contributed by atoms with E-state index in [0.717, 1.165) is 22.7 Å². The maximum Gasteiger partial charge on any atom is 0.225 e. The van der Waals surface area contributed by atoms with E-state index in [1.54, 1.807) is 6.07 Å². The maximum atomic E-state index is 12.2. The van der Waals surface area contributed by atoms with Crippen LogP contribution in [0.4, 0.5) is 5.69 Å². The largest absolute Gasteiger partial charge is 0.494 e. The van der Waals surface area contributed by atoms with E-state index in [1.807, 2.05) is 67.6 Å². The molecule has 0 aliphatic heterocycles. The Morgan fingerprint density at radius 1 is 1.10 bits per heavy atom. The summed E-state index contributed by atoms with van der Waals surface area (Å²) in [6.45, 7) is 2.53. The SMILES string of the molecule is CCOc1ccc(NC(=O)CCSc2nc(-c3ccccc3)ccc2C#N)cc1. The Bertz CT molecular complexity index is 999. The molecule has 0 saturated carbocycles. The number of thioether (sulfide) groups is 1. The van der Waals surface area contributed by atoms with Gasteiger partial charge in [0.05, 0.1) is 17.9 Å². The number of carbonyl (C=O) groups is 1. The molecule has 0 aliphatic rings. The van der Waals surface area contributed by atoms with Gasteiger partial charge in [-0.05, 0) is 43.3 Å². The lowest BCUT2D eigenvalue weighted by Crippen LogP contribution is -2.12. The van der Waals surface area contributed by atoms with Gasteiger partial charge >= 0.3 is 0 Å². The Kier molecular flexibility index (Phi) is 7.26. The number of benzene rings is 2. The van der Waals surface area contributed by atoms with Gasteiger partial charge in [-0.2, -0.15) is 5.26 Å². The first kappa shape index (κ1) is 20.4. The van der Waals surface area contributed by atoms with Gasteiger partial charge < -0.3 is 10.1 Å². The summed E-state index contributed by atoms with van der Waals surface area (Å²) in [4.78, 5) is 16.8. The molecule has 0 fully saturated rings. The summed E-state index contributed by atoms with van der Waals surface area (Å²) in [6, 6.07) is 22.9. The summed E-state index contributed by atoms with van der Waals surface area (Å²) in [7, 11) is 0. The molecular weight excluding hydrogens is 382 g/mol. The highest BCUT2D eigenvalue weighted by atomic mass is 32.2. The lowest BCUT2D eigenvalue weighted by atomic mass is 10.1. The van der Waals surface area contributed by atoms with Crippen molar-refractivity contribution in [1.82, 2.24) is 4.98 Å². The second-order valence-electron chi connectivity index (χ2n) is 6.13. The van der Waals surface area contributed by atoms with Crippen molar-refractivity contribution < 1.29 is 9.53 Å². The van der Waals surface area contributed by atoms with Crippen molar-refractivity contribution in [3.05, 3.63) is 72.3 Å². The molecule has 6 heteroatoms. The zero-order chi connectivity index (χ0) is 20.5. The summed E-state index contributed by atoms with van der Waals surface area (Å²) < 4.78 is 5.39. The first-order chi connectivity index (χ1) is 14.2. The Labute approximate surface area is 174 Å². The zero-order valence-electron chi connectivity index (χ0n) is 16.1. The summed E-state index contributed by atoms with van der Waals surface area (Å²) in [5.74, 6) is 1.22. The third-order valence-corrected chi connectivity index (χ3v) is 5.06. The van der Waals surface area contributed by atoms with Crippen molar-refractivity contribution in [2.75, 3.05) is 17.7 Å². The number of ether oxygens (including phenoxy) is 1. The molecule has 0 bridgehead atoms. The molecule has 29 heavy (non-hydrogen) atoms. The molecule has 0 radical (unpaired) electrons. The van der Waals surface area contributed by atoms with Crippen molar-refractivity contribution in [3.63, 3.8) is 0 Å². The minimum absolute atomic E-state index is 0.0839. The van der Waals surface area contributed by atoms with Gasteiger partial charge in [0, 0.05) is 23.4 Å². The van der Waals surface area contributed by atoms with E-state index < -0.39 is 0 Å². The number of nitrogens with one attached hydrogen (secondary N) is 1. The van der Waals surface area contributed by atoms with E-state index in [4.69, 9.17) is 4.74 Å². The van der Waals surface area contributed by atoms with E-state index in [-0.39, 0.29) is 5.91 Å². The zero-order valence-corrected chi connectivity index (χ0v) is 16.9. The molecule has 1 N–H and O–H groups in total. The second kappa shape index (κ2) is 10.3. The van der Waals surface area contributed by atoms with E-state index in [2.05, 4.69) is 16.4 Å². The number of nitrogens with zero attached hydrogens (tertiary/aromatic N) is 2. The Morgan fingerprint density at radius 3 is 2.55 bits per heavy atom. The standard InChI is InChI=1S/C23H21N3O2S/c1-2-28-20-11-9-19(10-12-20)25-22(27)14-15-29-23-18(16-24)8-13-21(26-23)17-6-4-3-5-7-17/h3-13H,2,14-15H2,1H3,(H,25,27). The number of aromatic nitrogens is 1. The summed E-state index contributed by atoms with van der Waals surface area (Å²) in [6.07, 6.45) is 0.319. The van der Waals surface area contributed by atoms with Crippen LogP contribution in [0, 0.1) is 11.3 Å². The molecule has 1 heterocycles. The highest BCUT2D eigenvalue weighted by Gasteiger charge is 2.10. The van der Waals surface area contributed by atoms with E-state index >= 15 is 0 Å². The van der Waals surface area contributed by atoms with Gasteiger partial charge in [-0.15, -0.1) is 11.8 Å². The predicted octanol–water partition coefficient (Wildman–Crippen LogP) is 5.14. The second-order valence-corrected chi connectivity index (χ2v) is 7.21. The van der Waals surface area contributed by atoms with Crippen molar-refractivity contribution >= 4 is 23.4 Å². The third-order valence-electron chi connectivity index (χ3n) is 4.07. The first-order valence-corrected chi connectivity index (χ1v) is 10.3. The van der Waals surface area contributed by atoms with Crippen LogP contribution in [0.2, 0.25) is 0 Å². The summed E-state index contributed by atoms with van der Waals surface area (Å²) >= 11 is 1.41. The van der Waals surface area contributed by atoms with Gasteiger partial charge in [0.25, 0.3) is 0 Å². The fourth-order valence-corrected chi connectivity index (χ4v) is 3.58. The average Bonchev–Trinajstić information content (AvgIpc) is 2.76. The molecule has 0 aliphatic carbocycles. The number of amides is 1. The summed E-state index contributed by atoms with van der Waals surface area (Å²) in [5, 5.41) is 12.9. The monoisotopic (exact) mass is 403 g/mol. The van der Waals surface area contributed by atoms with Gasteiger partial charge in [0.15, 0.2) is 0 Å². The number of anilines is 1. The molecule has 5 nitrogen and oxygen atoms in total. The maximum absolute atomic E-state index is 12.2. The van der Waals surface area contributed by atoms with Crippen LogP contribution in [0.3, 0.4) is 0 Å². The number of rotatable bonds is 8. The van der Waals surface area contributed by atoms with Crippen LogP contribution in [0.1, 0.15) is 18.9 Å². The van der Waals surface area contributed by atoms with Crippen molar-refractivity contribution in [3.8, 4) is 23.1 Å². The molecule has 0 saturated heterocycles. The molecule has 2 aromatic carbocycles. The van der Waals surface area contributed by atoms with Crippen LogP contribution in [0.25, 0.3) is 11.3 Å². The number of nitriles is 1.